The van der Waals surface area contributed by atoms with Crippen LogP contribution in [0.3, 0.4) is 0 Å². The molecule has 1 N–H and O–H groups in total. The molecule has 2 aromatic rings. The molecule has 3 rings (SSSR count). The predicted octanol–water partition coefficient (Wildman–Crippen LogP) is 2.81. The standard InChI is InChI=1S/C16H16O4/c1-10-3-5-11(6-4-10)15(17)12-7-13(18-2)16-14(8-12)19-9-20-16/h3-8,15,17H,9H2,1-2H3. The number of benzene rings is 2. The molecule has 1 unspecified atom stereocenters. The zero-order valence-electron chi connectivity index (χ0n) is 11.4. The molecule has 104 valence electrons. The molecule has 0 fully saturated rings. The second-order valence-corrected chi connectivity index (χ2v) is 4.77. The Morgan fingerprint density at radius 1 is 1.10 bits per heavy atom. The molecule has 0 spiro atoms. The van der Waals surface area contributed by atoms with Gasteiger partial charge in [-0.1, -0.05) is 29.8 Å². The molecule has 0 aromatic heterocycles. The first-order valence-electron chi connectivity index (χ1n) is 6.41. The lowest BCUT2D eigenvalue weighted by molar-refractivity contribution is 0.171. The number of aliphatic hydroxyl groups excluding tert-OH is 1. The number of fused-ring (bicyclic) bond motifs is 1. The van der Waals surface area contributed by atoms with Crippen LogP contribution in [0.4, 0.5) is 0 Å². The monoisotopic (exact) mass is 272 g/mol. The van der Waals surface area contributed by atoms with Crippen molar-refractivity contribution < 1.29 is 19.3 Å². The normalized spacial score (nSPS) is 14.2. The molecular weight excluding hydrogens is 256 g/mol. The first-order chi connectivity index (χ1) is 9.69. The van der Waals surface area contributed by atoms with Crippen molar-refractivity contribution >= 4 is 0 Å². The minimum atomic E-state index is -0.723. The molecule has 1 aliphatic heterocycles. The third kappa shape index (κ3) is 2.18. The minimum Gasteiger partial charge on any atom is -0.493 e. The van der Waals surface area contributed by atoms with Gasteiger partial charge in [-0.25, -0.2) is 0 Å². The van der Waals surface area contributed by atoms with Gasteiger partial charge >= 0.3 is 0 Å². The summed E-state index contributed by atoms with van der Waals surface area (Å²) in [6.07, 6.45) is -0.723. The average molecular weight is 272 g/mol. The first-order valence-corrected chi connectivity index (χ1v) is 6.41. The van der Waals surface area contributed by atoms with Crippen LogP contribution in [0, 0.1) is 6.92 Å². The van der Waals surface area contributed by atoms with Crippen molar-refractivity contribution in [1.82, 2.24) is 0 Å². The Hall–Kier alpha value is -2.20. The lowest BCUT2D eigenvalue weighted by Gasteiger charge is -2.14. The maximum Gasteiger partial charge on any atom is 0.231 e. The zero-order valence-corrected chi connectivity index (χ0v) is 11.4. The molecule has 0 bridgehead atoms. The van der Waals surface area contributed by atoms with Crippen molar-refractivity contribution in [3.8, 4) is 17.2 Å². The average Bonchev–Trinajstić information content (AvgIpc) is 2.94. The third-order valence-corrected chi connectivity index (χ3v) is 3.39. The second-order valence-electron chi connectivity index (χ2n) is 4.77. The molecule has 2 aromatic carbocycles. The van der Waals surface area contributed by atoms with Crippen LogP contribution in [0.25, 0.3) is 0 Å². The van der Waals surface area contributed by atoms with Crippen molar-refractivity contribution in [1.29, 1.82) is 0 Å². The Balaban J connectivity index is 1.99. The van der Waals surface area contributed by atoms with Crippen LogP contribution in [0.1, 0.15) is 22.8 Å². The number of rotatable bonds is 3. The SMILES string of the molecule is COc1cc(C(O)c2ccc(C)cc2)cc2c1OCO2. The number of hydrogen-bond donors (Lipinski definition) is 1. The molecule has 0 amide bonds. The van der Waals surface area contributed by atoms with Crippen LogP contribution in [-0.4, -0.2) is 19.0 Å². The highest BCUT2D eigenvalue weighted by molar-refractivity contribution is 5.56. The molecule has 1 atom stereocenters. The third-order valence-electron chi connectivity index (χ3n) is 3.39. The van der Waals surface area contributed by atoms with Crippen molar-refractivity contribution in [3.63, 3.8) is 0 Å². The highest BCUT2D eigenvalue weighted by Crippen LogP contribution is 2.43. The lowest BCUT2D eigenvalue weighted by Crippen LogP contribution is -2.00. The summed E-state index contributed by atoms with van der Waals surface area (Å²) in [5.41, 5.74) is 2.70. The van der Waals surface area contributed by atoms with E-state index < -0.39 is 6.10 Å². The zero-order chi connectivity index (χ0) is 14.1. The van der Waals surface area contributed by atoms with Crippen molar-refractivity contribution in [3.05, 3.63) is 53.1 Å². The van der Waals surface area contributed by atoms with Gasteiger partial charge in [0.05, 0.1) is 7.11 Å². The molecule has 4 nitrogen and oxygen atoms in total. The number of ether oxygens (including phenoxy) is 3. The van der Waals surface area contributed by atoms with E-state index in [4.69, 9.17) is 14.2 Å². The summed E-state index contributed by atoms with van der Waals surface area (Å²) in [5, 5.41) is 10.5. The quantitative estimate of drug-likeness (QED) is 0.933. The van der Waals surface area contributed by atoms with Gasteiger partial charge in [0.1, 0.15) is 6.10 Å². The highest BCUT2D eigenvalue weighted by Gasteiger charge is 2.22. The van der Waals surface area contributed by atoms with E-state index in [1.54, 1.807) is 19.2 Å². The van der Waals surface area contributed by atoms with Gasteiger partial charge in [0.2, 0.25) is 12.5 Å². The lowest BCUT2D eigenvalue weighted by atomic mass is 10.00. The van der Waals surface area contributed by atoms with E-state index in [0.29, 0.717) is 17.2 Å². The molecule has 4 heteroatoms. The van der Waals surface area contributed by atoms with Gasteiger partial charge in [-0.2, -0.15) is 0 Å². The molecule has 20 heavy (non-hydrogen) atoms. The largest absolute Gasteiger partial charge is 0.493 e. The van der Waals surface area contributed by atoms with Crippen LogP contribution in [0.15, 0.2) is 36.4 Å². The summed E-state index contributed by atoms with van der Waals surface area (Å²) in [6, 6.07) is 11.3. The van der Waals surface area contributed by atoms with E-state index in [9.17, 15) is 5.11 Å². The Kier molecular flexibility index (Phi) is 3.24. The molecule has 0 aliphatic carbocycles. The van der Waals surface area contributed by atoms with E-state index in [-0.39, 0.29) is 6.79 Å². The number of aliphatic hydroxyl groups is 1. The maximum atomic E-state index is 10.5. The topological polar surface area (TPSA) is 47.9 Å². The Morgan fingerprint density at radius 2 is 1.85 bits per heavy atom. The molecule has 0 saturated heterocycles. The fraction of sp³-hybridized carbons (Fsp3) is 0.250. The van der Waals surface area contributed by atoms with Gasteiger partial charge in [-0.05, 0) is 30.2 Å². The molecule has 1 aliphatic rings. The van der Waals surface area contributed by atoms with Crippen molar-refractivity contribution in [2.24, 2.45) is 0 Å². The van der Waals surface area contributed by atoms with Crippen LogP contribution >= 0.6 is 0 Å². The molecular formula is C16H16O4. The van der Waals surface area contributed by atoms with E-state index >= 15 is 0 Å². The fourth-order valence-electron chi connectivity index (χ4n) is 2.25. The van der Waals surface area contributed by atoms with E-state index in [1.165, 1.54) is 0 Å². The molecule has 0 radical (unpaired) electrons. The van der Waals surface area contributed by atoms with Crippen LogP contribution in [0.5, 0.6) is 17.2 Å². The van der Waals surface area contributed by atoms with Crippen LogP contribution in [0.2, 0.25) is 0 Å². The summed E-state index contributed by atoms with van der Waals surface area (Å²) >= 11 is 0. The van der Waals surface area contributed by atoms with Gasteiger partial charge in [-0.3, -0.25) is 0 Å². The van der Waals surface area contributed by atoms with Crippen molar-refractivity contribution in [2.75, 3.05) is 13.9 Å². The number of hydrogen-bond acceptors (Lipinski definition) is 4. The Bertz CT molecular complexity index is 619. The van der Waals surface area contributed by atoms with Gasteiger partial charge in [0.25, 0.3) is 0 Å². The van der Waals surface area contributed by atoms with E-state index in [0.717, 1.165) is 16.7 Å². The van der Waals surface area contributed by atoms with E-state index in [1.807, 2.05) is 31.2 Å². The number of methoxy groups -OCH3 is 1. The Labute approximate surface area is 117 Å². The summed E-state index contributed by atoms with van der Waals surface area (Å²) in [5.74, 6) is 1.76. The second kappa shape index (κ2) is 5.06. The summed E-state index contributed by atoms with van der Waals surface area (Å²) in [4.78, 5) is 0. The van der Waals surface area contributed by atoms with E-state index in [2.05, 4.69) is 0 Å². The van der Waals surface area contributed by atoms with Gasteiger partial charge in [0, 0.05) is 0 Å². The van der Waals surface area contributed by atoms with Gasteiger partial charge in [0.15, 0.2) is 11.5 Å². The summed E-state index contributed by atoms with van der Waals surface area (Å²) in [7, 11) is 1.57. The maximum absolute atomic E-state index is 10.5. The first kappa shape index (κ1) is 12.8. The van der Waals surface area contributed by atoms with Gasteiger partial charge in [-0.15, -0.1) is 0 Å². The molecule has 0 saturated carbocycles. The number of aryl methyl sites for hydroxylation is 1. The summed E-state index contributed by atoms with van der Waals surface area (Å²) in [6.45, 7) is 2.19. The van der Waals surface area contributed by atoms with Crippen LogP contribution in [-0.2, 0) is 0 Å². The van der Waals surface area contributed by atoms with Gasteiger partial charge < -0.3 is 19.3 Å². The fourth-order valence-corrected chi connectivity index (χ4v) is 2.25. The van der Waals surface area contributed by atoms with Crippen LogP contribution < -0.4 is 14.2 Å². The smallest absolute Gasteiger partial charge is 0.231 e. The Morgan fingerprint density at radius 3 is 2.55 bits per heavy atom. The summed E-state index contributed by atoms with van der Waals surface area (Å²) < 4.78 is 16.0. The minimum absolute atomic E-state index is 0.176. The predicted molar refractivity (Wildman–Crippen MR) is 74.4 cm³/mol. The molecule has 1 heterocycles. The highest BCUT2D eigenvalue weighted by atomic mass is 16.7. The van der Waals surface area contributed by atoms with Crippen molar-refractivity contribution in [2.45, 2.75) is 13.0 Å².